The molecule has 0 aliphatic heterocycles. The summed E-state index contributed by atoms with van der Waals surface area (Å²) in [4.78, 5) is 12.7. The minimum absolute atomic E-state index is 0.134. The van der Waals surface area contributed by atoms with E-state index >= 15 is 0 Å². The van der Waals surface area contributed by atoms with Gasteiger partial charge in [0.05, 0.1) is 5.75 Å². The third-order valence-corrected chi connectivity index (χ3v) is 5.75. The molecule has 0 bridgehead atoms. The number of benzene rings is 1. The number of rotatable bonds is 7. The van der Waals surface area contributed by atoms with E-state index in [0.29, 0.717) is 5.75 Å². The molecule has 26 heavy (non-hydrogen) atoms. The highest BCUT2D eigenvalue weighted by Gasteiger charge is 2.17. The smallest absolute Gasteiger partial charge is 0.191 e. The van der Waals surface area contributed by atoms with Crippen LogP contribution >= 0.6 is 11.8 Å². The van der Waals surface area contributed by atoms with Crippen molar-refractivity contribution in [2.45, 2.75) is 38.9 Å². The lowest BCUT2D eigenvalue weighted by Crippen LogP contribution is -2.08. The van der Waals surface area contributed by atoms with E-state index in [1.807, 2.05) is 37.6 Å². The molecule has 3 aromatic rings. The zero-order valence-electron chi connectivity index (χ0n) is 15.7. The van der Waals surface area contributed by atoms with Crippen molar-refractivity contribution in [2.24, 2.45) is 7.05 Å². The molecule has 0 N–H and O–H groups in total. The van der Waals surface area contributed by atoms with Crippen molar-refractivity contribution in [3.05, 3.63) is 64.7 Å². The van der Waals surface area contributed by atoms with E-state index in [1.54, 1.807) is 0 Å². The molecule has 0 radical (unpaired) electrons. The average molecular weight is 369 g/mol. The fourth-order valence-electron chi connectivity index (χ4n) is 3.03. The van der Waals surface area contributed by atoms with Gasteiger partial charge in [0, 0.05) is 30.5 Å². The summed E-state index contributed by atoms with van der Waals surface area (Å²) >= 11 is 1.44. The van der Waals surface area contributed by atoms with Crippen molar-refractivity contribution >= 4 is 17.5 Å². The molecule has 3 rings (SSSR count). The van der Waals surface area contributed by atoms with Crippen molar-refractivity contribution in [2.75, 3.05) is 5.75 Å². The Hall–Kier alpha value is -2.34. The Morgan fingerprint density at radius 2 is 1.85 bits per heavy atom. The average Bonchev–Trinajstić information content (AvgIpc) is 3.11. The van der Waals surface area contributed by atoms with E-state index in [9.17, 15) is 4.79 Å². The SMILES string of the molecule is Cc1nnc(SCC(=O)c2cc(C)n(CCc3ccccc3)c2C)n1C. The molecule has 6 heteroatoms. The Bertz CT molecular complexity index is 912. The van der Waals surface area contributed by atoms with Gasteiger partial charge in [-0.15, -0.1) is 10.2 Å². The fraction of sp³-hybridized carbons (Fsp3) is 0.350. The second-order valence-corrected chi connectivity index (χ2v) is 7.42. The molecule has 0 saturated carbocycles. The van der Waals surface area contributed by atoms with Crippen LogP contribution in [-0.4, -0.2) is 30.9 Å². The van der Waals surface area contributed by atoms with Gasteiger partial charge >= 0.3 is 0 Å². The monoisotopic (exact) mass is 368 g/mol. The van der Waals surface area contributed by atoms with E-state index in [2.05, 4.69) is 46.0 Å². The van der Waals surface area contributed by atoms with Gasteiger partial charge in [0.25, 0.3) is 0 Å². The molecular weight excluding hydrogens is 344 g/mol. The number of aromatic nitrogens is 4. The number of nitrogens with zero attached hydrogens (tertiary/aromatic N) is 4. The maximum absolute atomic E-state index is 12.7. The normalized spacial score (nSPS) is 11.1. The Kier molecular flexibility index (Phi) is 5.61. The molecule has 1 aromatic carbocycles. The topological polar surface area (TPSA) is 52.7 Å². The van der Waals surface area contributed by atoms with E-state index in [0.717, 1.165) is 40.9 Å². The van der Waals surface area contributed by atoms with E-state index in [-0.39, 0.29) is 5.78 Å². The van der Waals surface area contributed by atoms with Gasteiger partial charge in [-0.3, -0.25) is 4.79 Å². The Morgan fingerprint density at radius 3 is 2.50 bits per heavy atom. The molecule has 2 heterocycles. The first kappa shape index (κ1) is 18.5. The molecule has 0 unspecified atom stereocenters. The minimum Gasteiger partial charge on any atom is -0.348 e. The zero-order chi connectivity index (χ0) is 18.7. The molecule has 0 saturated heterocycles. The Balaban J connectivity index is 1.68. The first-order chi connectivity index (χ1) is 12.5. The minimum atomic E-state index is 0.134. The highest BCUT2D eigenvalue weighted by molar-refractivity contribution is 7.99. The van der Waals surface area contributed by atoms with Gasteiger partial charge in [-0.05, 0) is 38.8 Å². The standard InChI is InChI=1S/C20H24N4OS/c1-14-12-18(19(25)13-26-20-22-21-16(3)23(20)4)15(2)24(14)11-10-17-8-6-5-7-9-17/h5-9,12H,10-11,13H2,1-4H3. The number of aryl methyl sites for hydroxylation is 3. The molecule has 0 fully saturated rings. The van der Waals surface area contributed by atoms with E-state index in [1.165, 1.54) is 17.3 Å². The maximum Gasteiger partial charge on any atom is 0.191 e. The number of Topliss-reactive ketones (excluding diaryl/α,β-unsaturated/α-hetero) is 1. The number of ketones is 1. The zero-order valence-corrected chi connectivity index (χ0v) is 16.5. The summed E-state index contributed by atoms with van der Waals surface area (Å²) in [6, 6.07) is 12.4. The third-order valence-electron chi connectivity index (χ3n) is 4.73. The number of carbonyl (C=O) groups is 1. The van der Waals surface area contributed by atoms with Gasteiger partial charge in [-0.1, -0.05) is 42.1 Å². The molecule has 0 aliphatic carbocycles. The number of carbonyl (C=O) groups excluding carboxylic acids is 1. The Morgan fingerprint density at radius 1 is 1.12 bits per heavy atom. The van der Waals surface area contributed by atoms with Crippen molar-refractivity contribution in [1.29, 1.82) is 0 Å². The number of thioether (sulfide) groups is 1. The predicted octanol–water partition coefficient (Wildman–Crippen LogP) is 3.76. The fourth-order valence-corrected chi connectivity index (χ4v) is 3.87. The van der Waals surface area contributed by atoms with Crippen LogP contribution in [0.4, 0.5) is 0 Å². The van der Waals surface area contributed by atoms with Crippen LogP contribution in [0.5, 0.6) is 0 Å². The van der Waals surface area contributed by atoms with Crippen molar-refractivity contribution in [3.8, 4) is 0 Å². The molecule has 0 aliphatic rings. The van der Waals surface area contributed by atoms with Crippen LogP contribution in [0.15, 0.2) is 41.6 Å². The molecular formula is C20H24N4OS. The van der Waals surface area contributed by atoms with Gasteiger partial charge < -0.3 is 9.13 Å². The lowest BCUT2D eigenvalue weighted by atomic mass is 10.1. The first-order valence-electron chi connectivity index (χ1n) is 8.70. The summed E-state index contributed by atoms with van der Waals surface area (Å²) in [5.74, 6) is 1.35. The number of hydrogen-bond donors (Lipinski definition) is 0. The van der Waals surface area contributed by atoms with Crippen LogP contribution in [-0.2, 0) is 20.0 Å². The largest absolute Gasteiger partial charge is 0.348 e. The molecule has 0 spiro atoms. The van der Waals surface area contributed by atoms with E-state index in [4.69, 9.17) is 0 Å². The van der Waals surface area contributed by atoms with E-state index < -0.39 is 0 Å². The van der Waals surface area contributed by atoms with Crippen LogP contribution in [0.3, 0.4) is 0 Å². The quantitative estimate of drug-likeness (QED) is 0.471. The van der Waals surface area contributed by atoms with Crippen LogP contribution in [0.25, 0.3) is 0 Å². The lowest BCUT2D eigenvalue weighted by Gasteiger charge is -2.10. The van der Waals surface area contributed by atoms with Crippen molar-refractivity contribution < 1.29 is 4.79 Å². The summed E-state index contributed by atoms with van der Waals surface area (Å²) in [7, 11) is 1.91. The summed E-state index contributed by atoms with van der Waals surface area (Å²) in [5, 5.41) is 8.91. The second kappa shape index (κ2) is 7.91. The van der Waals surface area contributed by atoms with Gasteiger partial charge in [0.15, 0.2) is 10.9 Å². The molecule has 0 atom stereocenters. The van der Waals surface area contributed by atoms with Gasteiger partial charge in [0.1, 0.15) is 5.82 Å². The molecule has 2 aromatic heterocycles. The highest BCUT2D eigenvalue weighted by Crippen LogP contribution is 2.21. The molecule has 136 valence electrons. The lowest BCUT2D eigenvalue weighted by molar-refractivity contribution is 0.102. The van der Waals surface area contributed by atoms with Gasteiger partial charge in [-0.2, -0.15) is 0 Å². The summed E-state index contributed by atoms with van der Waals surface area (Å²) in [6.07, 6.45) is 0.956. The van der Waals surface area contributed by atoms with Crippen LogP contribution in [0, 0.1) is 20.8 Å². The number of hydrogen-bond acceptors (Lipinski definition) is 4. The Labute approximate surface area is 158 Å². The summed E-state index contributed by atoms with van der Waals surface area (Å²) in [6.45, 7) is 6.88. The summed E-state index contributed by atoms with van der Waals surface area (Å²) < 4.78 is 4.14. The van der Waals surface area contributed by atoms with Crippen LogP contribution in [0.1, 0.15) is 33.1 Å². The van der Waals surface area contributed by atoms with Gasteiger partial charge in [-0.25, -0.2) is 0 Å². The predicted molar refractivity (Wildman–Crippen MR) is 105 cm³/mol. The molecule has 0 amide bonds. The van der Waals surface area contributed by atoms with Crippen molar-refractivity contribution in [1.82, 2.24) is 19.3 Å². The first-order valence-corrected chi connectivity index (χ1v) is 9.68. The van der Waals surface area contributed by atoms with Crippen LogP contribution < -0.4 is 0 Å². The van der Waals surface area contributed by atoms with Crippen molar-refractivity contribution in [3.63, 3.8) is 0 Å². The summed E-state index contributed by atoms with van der Waals surface area (Å²) in [5.41, 5.74) is 4.28. The second-order valence-electron chi connectivity index (χ2n) is 6.47. The third kappa shape index (κ3) is 3.90. The van der Waals surface area contributed by atoms with Gasteiger partial charge in [0.2, 0.25) is 0 Å². The molecule has 5 nitrogen and oxygen atoms in total. The highest BCUT2D eigenvalue weighted by atomic mass is 32.2. The van der Waals surface area contributed by atoms with Crippen LogP contribution in [0.2, 0.25) is 0 Å². The maximum atomic E-state index is 12.7.